The Morgan fingerprint density at radius 1 is 0.633 bits per heavy atom. The van der Waals surface area contributed by atoms with Crippen LogP contribution in [0.25, 0.3) is 62.8 Å². The first-order valence-electron chi connectivity index (χ1n) is 16.2. The Morgan fingerprint density at radius 3 is 1.73 bits per heavy atom. The highest BCUT2D eigenvalue weighted by atomic mass is 16.3. The molecule has 1 aromatic carbocycles. The van der Waals surface area contributed by atoms with E-state index in [4.69, 9.17) is 0 Å². The molecule has 244 valence electrons. The molecule has 1 aliphatic carbocycles. The number of aromatic amines is 4. The van der Waals surface area contributed by atoms with Crippen LogP contribution in [0.3, 0.4) is 0 Å². The molecular formula is C38H34N8O3. The van der Waals surface area contributed by atoms with Gasteiger partial charge in [-0.1, -0.05) is 43.5 Å². The van der Waals surface area contributed by atoms with Gasteiger partial charge >= 0.3 is 0 Å². The first-order chi connectivity index (χ1) is 24.0. The predicted octanol–water partition coefficient (Wildman–Crippen LogP) is 7.10. The van der Waals surface area contributed by atoms with Crippen molar-refractivity contribution in [2.75, 3.05) is 0 Å². The van der Waals surface area contributed by atoms with Crippen molar-refractivity contribution in [3.8, 4) is 28.3 Å². The summed E-state index contributed by atoms with van der Waals surface area (Å²) >= 11 is 0. The number of rotatable bonds is 6. The van der Waals surface area contributed by atoms with Gasteiger partial charge in [-0.05, 0) is 85.0 Å². The molecule has 0 unspecified atom stereocenters. The van der Waals surface area contributed by atoms with Crippen LogP contribution in [0.4, 0.5) is 0 Å². The maximum absolute atomic E-state index is 11.8. The smallest absolute Gasteiger partial charge is 0.260 e. The van der Waals surface area contributed by atoms with Gasteiger partial charge in [-0.3, -0.25) is 19.6 Å². The summed E-state index contributed by atoms with van der Waals surface area (Å²) < 4.78 is 0. The molecule has 49 heavy (non-hydrogen) atoms. The molecule has 0 atom stereocenters. The van der Waals surface area contributed by atoms with E-state index in [1.165, 1.54) is 44.8 Å². The molecule has 5 N–H and O–H groups in total. The van der Waals surface area contributed by atoms with Crippen LogP contribution in [0.1, 0.15) is 49.1 Å². The van der Waals surface area contributed by atoms with Crippen molar-refractivity contribution >= 4 is 40.3 Å². The lowest BCUT2D eigenvalue weighted by molar-refractivity contribution is 0.420. The monoisotopic (exact) mass is 650 g/mol. The van der Waals surface area contributed by atoms with Gasteiger partial charge < -0.3 is 25.0 Å². The molecule has 0 bridgehead atoms. The minimum absolute atomic E-state index is 0.131. The van der Waals surface area contributed by atoms with Crippen molar-refractivity contribution < 1.29 is 5.11 Å². The van der Waals surface area contributed by atoms with Crippen molar-refractivity contribution in [1.29, 1.82) is 0 Å². The summed E-state index contributed by atoms with van der Waals surface area (Å²) in [5.41, 5.74) is 7.15. The number of fused-ring (bicyclic) bond motifs is 2. The Labute approximate surface area is 280 Å². The molecule has 0 saturated heterocycles. The number of benzene rings is 1. The van der Waals surface area contributed by atoms with E-state index in [0.29, 0.717) is 28.0 Å². The largest absolute Gasteiger partial charge is 0.508 e. The fourth-order valence-corrected chi connectivity index (χ4v) is 5.96. The SMILES string of the molecule is O=c1[nH]cnc2[nH]c(-c3ccnc(/C=C/C4CCCCC4)c3)cc12.O=c1[nH]cnc2[nH]c(-c3ccnc(/C=C/c4ccc(O)cc4)c3)cc12. The predicted molar refractivity (Wildman–Crippen MR) is 193 cm³/mol. The number of pyridine rings is 2. The van der Waals surface area contributed by atoms with Gasteiger partial charge in [0.2, 0.25) is 0 Å². The lowest BCUT2D eigenvalue weighted by Gasteiger charge is -2.17. The first kappa shape index (κ1) is 31.3. The Bertz CT molecular complexity index is 2390. The third kappa shape index (κ3) is 7.46. The standard InChI is InChI=1S/C19H14N4O2.C19H20N4O/c24-15-5-2-12(3-6-15)1-4-14-9-13(7-8-20-14)17-10-16-18(23-17)21-11-22-19(16)25;24-19-16-11-17(23-18(16)21-12-22-19)14-8-9-20-15(10-14)7-6-13-4-2-1-3-5-13/h1-11,24H,(H2,21,22,23,25);6-13H,1-5H2,(H2,21,22,23,24)/b4-1+;7-6+. The third-order valence-electron chi connectivity index (χ3n) is 8.57. The maximum atomic E-state index is 11.8. The van der Waals surface area contributed by atoms with Gasteiger partial charge in [-0.2, -0.15) is 0 Å². The quantitative estimate of drug-likeness (QED) is 0.128. The molecule has 6 heterocycles. The highest BCUT2D eigenvalue weighted by Crippen LogP contribution is 2.26. The highest BCUT2D eigenvalue weighted by Gasteiger charge is 2.11. The number of hydrogen-bond donors (Lipinski definition) is 5. The summed E-state index contributed by atoms with van der Waals surface area (Å²) in [5.74, 6) is 0.916. The average Bonchev–Trinajstić information content (AvgIpc) is 3.79. The van der Waals surface area contributed by atoms with E-state index in [1.54, 1.807) is 30.6 Å². The molecular weight excluding hydrogens is 616 g/mol. The number of nitrogens with one attached hydrogen (secondary N) is 4. The van der Waals surface area contributed by atoms with E-state index in [9.17, 15) is 14.7 Å². The molecule has 0 spiro atoms. The second kappa shape index (κ2) is 14.2. The van der Waals surface area contributed by atoms with Crippen molar-refractivity contribution in [3.63, 3.8) is 0 Å². The van der Waals surface area contributed by atoms with Crippen LogP contribution in [0.5, 0.6) is 5.75 Å². The lowest BCUT2D eigenvalue weighted by atomic mass is 9.89. The number of phenolic OH excluding ortho intramolecular Hbond substituents is 1. The molecule has 11 nitrogen and oxygen atoms in total. The molecule has 11 heteroatoms. The Hall–Kier alpha value is -6.36. The van der Waals surface area contributed by atoms with E-state index in [0.717, 1.165) is 39.5 Å². The van der Waals surface area contributed by atoms with Crippen LogP contribution >= 0.6 is 0 Å². The molecule has 6 aromatic heterocycles. The second-order valence-electron chi connectivity index (χ2n) is 12.0. The molecule has 1 fully saturated rings. The van der Waals surface area contributed by atoms with Gasteiger partial charge in [-0.25, -0.2) is 9.97 Å². The van der Waals surface area contributed by atoms with Crippen LogP contribution in [-0.4, -0.2) is 45.0 Å². The van der Waals surface area contributed by atoms with Gasteiger partial charge in [0.1, 0.15) is 17.0 Å². The summed E-state index contributed by atoms with van der Waals surface area (Å²) in [5, 5.41) is 10.4. The normalized spacial score (nSPS) is 13.7. The number of phenols is 1. The highest BCUT2D eigenvalue weighted by molar-refractivity contribution is 5.83. The van der Waals surface area contributed by atoms with Crippen LogP contribution in [0.2, 0.25) is 0 Å². The summed E-state index contributed by atoms with van der Waals surface area (Å²) in [4.78, 5) is 52.2. The molecule has 0 radical (unpaired) electrons. The van der Waals surface area contributed by atoms with Gasteiger partial charge in [-0.15, -0.1) is 0 Å². The van der Waals surface area contributed by atoms with Crippen molar-refractivity contribution in [2.45, 2.75) is 32.1 Å². The van der Waals surface area contributed by atoms with E-state index in [1.807, 2.05) is 54.6 Å². The van der Waals surface area contributed by atoms with E-state index < -0.39 is 0 Å². The fourth-order valence-electron chi connectivity index (χ4n) is 5.96. The number of hydrogen-bond acceptors (Lipinski definition) is 7. The van der Waals surface area contributed by atoms with E-state index in [-0.39, 0.29) is 16.9 Å². The Kier molecular flexibility index (Phi) is 9.04. The molecule has 1 aliphatic rings. The molecule has 8 rings (SSSR count). The van der Waals surface area contributed by atoms with Crippen LogP contribution < -0.4 is 11.1 Å². The average molecular weight is 651 g/mol. The Morgan fingerprint density at radius 2 is 1.18 bits per heavy atom. The zero-order valence-electron chi connectivity index (χ0n) is 26.6. The number of nitrogens with zero attached hydrogens (tertiary/aromatic N) is 4. The topological polar surface area (TPSA) is 169 Å². The fraction of sp³-hybridized carbons (Fsp3) is 0.158. The number of allylic oxidation sites excluding steroid dienone is 1. The third-order valence-corrected chi connectivity index (χ3v) is 8.57. The minimum atomic E-state index is -0.172. The lowest BCUT2D eigenvalue weighted by Crippen LogP contribution is -2.04. The van der Waals surface area contributed by atoms with Gasteiger partial charge in [0, 0.05) is 34.9 Å². The van der Waals surface area contributed by atoms with Crippen molar-refractivity contribution in [2.24, 2.45) is 5.92 Å². The van der Waals surface area contributed by atoms with Crippen LogP contribution in [-0.2, 0) is 0 Å². The van der Waals surface area contributed by atoms with Crippen molar-refractivity contribution in [3.05, 3.63) is 129 Å². The molecule has 0 amide bonds. The summed E-state index contributed by atoms with van der Waals surface area (Å²) in [6.07, 6.45) is 21.1. The molecule has 1 saturated carbocycles. The maximum Gasteiger partial charge on any atom is 0.260 e. The zero-order valence-corrected chi connectivity index (χ0v) is 26.6. The van der Waals surface area contributed by atoms with Crippen molar-refractivity contribution in [1.82, 2.24) is 39.9 Å². The molecule has 0 aliphatic heterocycles. The van der Waals surface area contributed by atoms with Gasteiger partial charge in [0.25, 0.3) is 11.1 Å². The van der Waals surface area contributed by atoms with E-state index in [2.05, 4.69) is 52.0 Å². The summed E-state index contributed by atoms with van der Waals surface area (Å²) in [7, 11) is 0. The van der Waals surface area contributed by atoms with Gasteiger partial charge in [0.15, 0.2) is 0 Å². The molecule has 7 aromatic rings. The van der Waals surface area contributed by atoms with Gasteiger partial charge in [0.05, 0.1) is 34.8 Å². The minimum Gasteiger partial charge on any atom is -0.508 e. The van der Waals surface area contributed by atoms with E-state index >= 15 is 0 Å². The number of aromatic hydroxyl groups is 1. The zero-order chi connectivity index (χ0) is 33.6. The van der Waals surface area contributed by atoms with Crippen LogP contribution in [0, 0.1) is 5.92 Å². The second-order valence-corrected chi connectivity index (χ2v) is 12.0. The summed E-state index contributed by atoms with van der Waals surface area (Å²) in [6.45, 7) is 0. The van der Waals surface area contributed by atoms with Crippen LogP contribution in [0.15, 0.2) is 101 Å². The number of H-pyrrole nitrogens is 4. The Balaban J connectivity index is 0.000000154. The number of aromatic nitrogens is 8. The first-order valence-corrected chi connectivity index (χ1v) is 16.2. The summed E-state index contributed by atoms with van der Waals surface area (Å²) in [6, 6.07) is 18.3.